The maximum atomic E-state index is 6.18. The van der Waals surface area contributed by atoms with E-state index in [1.54, 1.807) is 20.3 Å². The number of ether oxygens (including phenoxy) is 2. The van der Waals surface area contributed by atoms with Gasteiger partial charge in [-0.25, -0.2) is 9.97 Å². The summed E-state index contributed by atoms with van der Waals surface area (Å²) in [6.07, 6.45) is 2.13. The highest BCUT2D eigenvalue weighted by molar-refractivity contribution is 9.10. The molecular weight excluding hydrogens is 322 g/mol. The zero-order valence-electron chi connectivity index (χ0n) is 11.3. The number of nitrogens with two attached hydrogens (primary N) is 1. The first kappa shape index (κ1) is 14.7. The van der Waals surface area contributed by atoms with Gasteiger partial charge in [0.1, 0.15) is 12.1 Å². The van der Waals surface area contributed by atoms with Crippen LogP contribution >= 0.6 is 15.9 Å². The van der Waals surface area contributed by atoms with Crippen molar-refractivity contribution in [2.24, 2.45) is 5.73 Å². The number of hydrogen-bond donors (Lipinski definition) is 1. The molecule has 106 valence electrons. The first-order valence-corrected chi connectivity index (χ1v) is 6.87. The molecule has 2 rings (SSSR count). The van der Waals surface area contributed by atoms with E-state index < -0.39 is 0 Å². The van der Waals surface area contributed by atoms with Gasteiger partial charge in [-0.05, 0) is 40.0 Å². The van der Waals surface area contributed by atoms with Gasteiger partial charge in [0.25, 0.3) is 0 Å². The zero-order chi connectivity index (χ0) is 14.5. The molecule has 1 unspecified atom stereocenters. The predicted molar refractivity (Wildman–Crippen MR) is 79.9 cm³/mol. The van der Waals surface area contributed by atoms with Gasteiger partial charge in [0.2, 0.25) is 5.88 Å². The molecule has 6 heteroatoms. The van der Waals surface area contributed by atoms with E-state index in [0.29, 0.717) is 12.3 Å². The Hall–Kier alpha value is -1.66. The van der Waals surface area contributed by atoms with Crippen molar-refractivity contribution in [2.45, 2.75) is 12.5 Å². The van der Waals surface area contributed by atoms with E-state index in [0.717, 1.165) is 21.5 Å². The summed E-state index contributed by atoms with van der Waals surface area (Å²) in [5.74, 6) is 1.31. The molecule has 5 nitrogen and oxygen atoms in total. The number of benzene rings is 1. The predicted octanol–water partition coefficient (Wildman–Crippen LogP) is 2.50. The van der Waals surface area contributed by atoms with Crippen LogP contribution in [0, 0.1) is 0 Å². The van der Waals surface area contributed by atoms with Gasteiger partial charge in [0.05, 0.1) is 30.4 Å². The SMILES string of the molecule is COc1cc(C(N)Cc2ccc(OC)c(Br)c2)ncn1. The molecule has 0 aliphatic rings. The Morgan fingerprint density at radius 2 is 2.00 bits per heavy atom. The molecule has 0 amide bonds. The Bertz CT molecular complexity index is 592. The van der Waals surface area contributed by atoms with Crippen molar-refractivity contribution in [3.8, 4) is 11.6 Å². The summed E-state index contributed by atoms with van der Waals surface area (Å²) in [5.41, 5.74) is 8.03. The highest BCUT2D eigenvalue weighted by Crippen LogP contribution is 2.27. The van der Waals surface area contributed by atoms with Gasteiger partial charge in [-0.1, -0.05) is 6.07 Å². The molecule has 2 aromatic rings. The second kappa shape index (κ2) is 6.67. The number of aromatic nitrogens is 2. The van der Waals surface area contributed by atoms with Crippen LogP contribution in [0.5, 0.6) is 11.6 Å². The molecule has 0 aliphatic carbocycles. The van der Waals surface area contributed by atoms with E-state index >= 15 is 0 Å². The maximum absolute atomic E-state index is 6.18. The summed E-state index contributed by atoms with van der Waals surface area (Å²) < 4.78 is 11.2. The largest absolute Gasteiger partial charge is 0.496 e. The zero-order valence-corrected chi connectivity index (χ0v) is 12.9. The molecule has 1 atom stereocenters. The van der Waals surface area contributed by atoms with Gasteiger partial charge in [0, 0.05) is 6.07 Å². The van der Waals surface area contributed by atoms with E-state index in [2.05, 4.69) is 25.9 Å². The van der Waals surface area contributed by atoms with Crippen LogP contribution in [0.2, 0.25) is 0 Å². The molecule has 0 aliphatic heterocycles. The summed E-state index contributed by atoms with van der Waals surface area (Å²) >= 11 is 3.46. The van der Waals surface area contributed by atoms with Gasteiger partial charge >= 0.3 is 0 Å². The van der Waals surface area contributed by atoms with E-state index in [4.69, 9.17) is 15.2 Å². The first-order valence-electron chi connectivity index (χ1n) is 6.08. The lowest BCUT2D eigenvalue weighted by Crippen LogP contribution is -2.15. The number of nitrogens with zero attached hydrogens (tertiary/aromatic N) is 2. The summed E-state index contributed by atoms with van der Waals surface area (Å²) in [5, 5.41) is 0. The van der Waals surface area contributed by atoms with Crippen molar-refractivity contribution in [3.63, 3.8) is 0 Å². The summed E-state index contributed by atoms with van der Waals surface area (Å²) in [4.78, 5) is 8.16. The standard InChI is InChI=1S/C14H16BrN3O2/c1-19-13-4-3-9(5-10(13)15)6-11(16)12-7-14(20-2)18-8-17-12/h3-5,7-8,11H,6,16H2,1-2H3. The van der Waals surface area contributed by atoms with Crippen molar-refractivity contribution >= 4 is 15.9 Å². The highest BCUT2D eigenvalue weighted by atomic mass is 79.9. The van der Waals surface area contributed by atoms with Crippen molar-refractivity contribution in [1.82, 2.24) is 9.97 Å². The smallest absolute Gasteiger partial charge is 0.216 e. The van der Waals surface area contributed by atoms with Crippen molar-refractivity contribution in [3.05, 3.63) is 46.3 Å². The summed E-state index contributed by atoms with van der Waals surface area (Å²) in [6.45, 7) is 0. The second-order valence-electron chi connectivity index (χ2n) is 4.26. The van der Waals surface area contributed by atoms with E-state index in [-0.39, 0.29) is 6.04 Å². The number of hydrogen-bond acceptors (Lipinski definition) is 5. The van der Waals surface area contributed by atoms with E-state index in [1.807, 2.05) is 18.2 Å². The Morgan fingerprint density at radius 3 is 2.65 bits per heavy atom. The lowest BCUT2D eigenvalue weighted by atomic mass is 10.0. The maximum Gasteiger partial charge on any atom is 0.216 e. The van der Waals surface area contributed by atoms with Gasteiger partial charge < -0.3 is 15.2 Å². The summed E-state index contributed by atoms with van der Waals surface area (Å²) in [7, 11) is 3.21. The fourth-order valence-corrected chi connectivity index (χ4v) is 2.45. The third-order valence-electron chi connectivity index (χ3n) is 2.92. The van der Waals surface area contributed by atoms with Gasteiger partial charge in [0.15, 0.2) is 0 Å². The quantitative estimate of drug-likeness (QED) is 0.907. The molecule has 1 heterocycles. The molecule has 0 saturated heterocycles. The number of rotatable bonds is 5. The third kappa shape index (κ3) is 3.46. The molecule has 2 N–H and O–H groups in total. The molecule has 1 aromatic carbocycles. The molecule has 1 aromatic heterocycles. The minimum atomic E-state index is -0.216. The lowest BCUT2D eigenvalue weighted by molar-refractivity contribution is 0.395. The van der Waals surface area contributed by atoms with Crippen LogP contribution in [0.4, 0.5) is 0 Å². The van der Waals surface area contributed by atoms with Crippen LogP contribution < -0.4 is 15.2 Å². The average Bonchev–Trinajstić information content (AvgIpc) is 2.47. The lowest BCUT2D eigenvalue weighted by Gasteiger charge is -2.13. The third-order valence-corrected chi connectivity index (χ3v) is 3.54. The number of methoxy groups -OCH3 is 2. The second-order valence-corrected chi connectivity index (χ2v) is 5.12. The van der Waals surface area contributed by atoms with Crippen molar-refractivity contribution in [2.75, 3.05) is 14.2 Å². The highest BCUT2D eigenvalue weighted by Gasteiger charge is 2.11. The summed E-state index contributed by atoms with van der Waals surface area (Å²) in [6, 6.07) is 7.43. The molecule has 0 saturated carbocycles. The van der Waals surface area contributed by atoms with E-state index in [1.165, 1.54) is 6.33 Å². The van der Waals surface area contributed by atoms with Gasteiger partial charge in [-0.15, -0.1) is 0 Å². The van der Waals surface area contributed by atoms with Crippen LogP contribution in [-0.2, 0) is 6.42 Å². The van der Waals surface area contributed by atoms with Crippen molar-refractivity contribution < 1.29 is 9.47 Å². The molecule has 0 spiro atoms. The van der Waals surface area contributed by atoms with Crippen LogP contribution in [0.1, 0.15) is 17.3 Å². The number of halogens is 1. The topological polar surface area (TPSA) is 70.3 Å². The van der Waals surface area contributed by atoms with Crippen LogP contribution in [-0.4, -0.2) is 24.2 Å². The van der Waals surface area contributed by atoms with Gasteiger partial charge in [-0.2, -0.15) is 0 Å². The Balaban J connectivity index is 2.14. The Labute approximate surface area is 126 Å². The normalized spacial score (nSPS) is 12.0. The molecular formula is C14H16BrN3O2. The fraction of sp³-hybridized carbons (Fsp3) is 0.286. The fourth-order valence-electron chi connectivity index (χ4n) is 1.86. The average molecular weight is 338 g/mol. The van der Waals surface area contributed by atoms with Crippen LogP contribution in [0.15, 0.2) is 35.1 Å². The van der Waals surface area contributed by atoms with Crippen molar-refractivity contribution in [1.29, 1.82) is 0 Å². The minimum Gasteiger partial charge on any atom is -0.496 e. The molecule has 0 fully saturated rings. The first-order chi connectivity index (χ1) is 9.63. The Morgan fingerprint density at radius 1 is 1.20 bits per heavy atom. The van der Waals surface area contributed by atoms with Gasteiger partial charge in [-0.3, -0.25) is 0 Å². The minimum absolute atomic E-state index is 0.216. The molecule has 0 radical (unpaired) electrons. The Kier molecular flexibility index (Phi) is 4.92. The van der Waals surface area contributed by atoms with E-state index in [9.17, 15) is 0 Å². The molecule has 0 bridgehead atoms. The van der Waals surface area contributed by atoms with Crippen LogP contribution in [0.25, 0.3) is 0 Å². The molecule has 20 heavy (non-hydrogen) atoms. The van der Waals surface area contributed by atoms with Crippen LogP contribution in [0.3, 0.4) is 0 Å². The monoisotopic (exact) mass is 337 g/mol.